The van der Waals surface area contributed by atoms with E-state index in [1.54, 1.807) is 24.5 Å². The number of unbranched alkanes of at least 4 members (excludes halogenated alkanes) is 1. The Bertz CT molecular complexity index is 709. The van der Waals surface area contributed by atoms with Gasteiger partial charge in [-0.05, 0) is 42.7 Å². The molecule has 0 N–H and O–H groups in total. The number of aliphatic imine (C=N–C) groups is 1. The Hall–Kier alpha value is -2.62. The van der Waals surface area contributed by atoms with Crippen molar-refractivity contribution in [1.29, 1.82) is 0 Å². The van der Waals surface area contributed by atoms with Crippen molar-refractivity contribution in [2.45, 2.75) is 26.2 Å². The topological polar surface area (TPSA) is 51.8 Å². The molecular formula is C18H17NO3. The quantitative estimate of drug-likeness (QED) is 0.619. The first-order valence-corrected chi connectivity index (χ1v) is 7.41. The zero-order chi connectivity index (χ0) is 15.4. The van der Waals surface area contributed by atoms with Crippen LogP contribution in [0, 0.1) is 0 Å². The van der Waals surface area contributed by atoms with Crippen molar-refractivity contribution in [1.82, 2.24) is 0 Å². The van der Waals surface area contributed by atoms with Crippen LogP contribution in [0.5, 0.6) is 0 Å². The summed E-state index contributed by atoms with van der Waals surface area (Å²) in [6.45, 7) is 2.17. The molecule has 1 aromatic carbocycles. The van der Waals surface area contributed by atoms with Gasteiger partial charge < -0.3 is 9.15 Å². The molecule has 0 aliphatic carbocycles. The molecule has 0 saturated heterocycles. The van der Waals surface area contributed by atoms with Crippen molar-refractivity contribution >= 4 is 17.9 Å². The maximum atomic E-state index is 11.8. The predicted octanol–water partition coefficient (Wildman–Crippen LogP) is 3.97. The van der Waals surface area contributed by atoms with E-state index in [4.69, 9.17) is 9.15 Å². The molecule has 0 atom stereocenters. The molecule has 1 aliphatic rings. The number of esters is 1. The molecule has 0 unspecified atom stereocenters. The molecule has 112 valence electrons. The third kappa shape index (κ3) is 3.17. The summed E-state index contributed by atoms with van der Waals surface area (Å²) in [5.74, 6) is 0.457. The van der Waals surface area contributed by atoms with E-state index in [-0.39, 0.29) is 5.70 Å². The first-order chi connectivity index (χ1) is 10.8. The standard InChI is InChI=1S/C18H17NO3/c1-2-3-5-13-7-9-14(10-8-13)17-19-16(18(20)22-17)12-15-6-4-11-21-15/h4,6-12H,2-3,5H2,1H3/b16-12-. The van der Waals surface area contributed by atoms with Crippen LogP contribution in [0.4, 0.5) is 0 Å². The fraction of sp³-hybridized carbons (Fsp3) is 0.222. The summed E-state index contributed by atoms with van der Waals surface area (Å²) in [7, 11) is 0. The Kier molecular flexibility index (Phi) is 4.19. The number of carbonyl (C=O) groups excluding carboxylic acids is 1. The molecule has 1 aliphatic heterocycles. The van der Waals surface area contributed by atoms with Gasteiger partial charge >= 0.3 is 5.97 Å². The summed E-state index contributed by atoms with van der Waals surface area (Å²) in [6, 6.07) is 11.5. The SMILES string of the molecule is CCCCc1ccc(C2=N/C(=C\c3ccco3)C(=O)O2)cc1. The molecule has 2 aromatic rings. The van der Waals surface area contributed by atoms with E-state index < -0.39 is 5.97 Å². The first-order valence-electron chi connectivity index (χ1n) is 7.41. The highest BCUT2D eigenvalue weighted by Gasteiger charge is 2.24. The predicted molar refractivity (Wildman–Crippen MR) is 84.4 cm³/mol. The highest BCUT2D eigenvalue weighted by molar-refractivity contribution is 6.12. The molecule has 0 bridgehead atoms. The molecule has 0 fully saturated rings. The lowest BCUT2D eigenvalue weighted by molar-refractivity contribution is -0.129. The number of carbonyl (C=O) groups is 1. The number of hydrogen-bond acceptors (Lipinski definition) is 4. The van der Waals surface area contributed by atoms with Gasteiger partial charge in [0, 0.05) is 11.6 Å². The summed E-state index contributed by atoms with van der Waals surface area (Å²) in [5.41, 5.74) is 2.33. The molecule has 0 amide bonds. The van der Waals surface area contributed by atoms with Gasteiger partial charge in [-0.15, -0.1) is 0 Å². The number of rotatable bonds is 5. The lowest BCUT2D eigenvalue weighted by atomic mass is 10.1. The Morgan fingerprint density at radius 3 is 2.68 bits per heavy atom. The second-order valence-corrected chi connectivity index (χ2v) is 5.15. The minimum atomic E-state index is -0.457. The van der Waals surface area contributed by atoms with Crippen molar-refractivity contribution in [3.63, 3.8) is 0 Å². The molecule has 1 aromatic heterocycles. The molecule has 2 heterocycles. The van der Waals surface area contributed by atoms with Crippen molar-refractivity contribution in [3.05, 3.63) is 65.2 Å². The minimum Gasteiger partial charge on any atom is -0.465 e. The van der Waals surface area contributed by atoms with Crippen LogP contribution in [-0.4, -0.2) is 11.9 Å². The van der Waals surface area contributed by atoms with E-state index >= 15 is 0 Å². The summed E-state index contributed by atoms with van der Waals surface area (Å²) in [4.78, 5) is 16.1. The summed E-state index contributed by atoms with van der Waals surface area (Å²) in [6.07, 6.45) is 6.53. The zero-order valence-corrected chi connectivity index (χ0v) is 12.4. The lowest BCUT2D eigenvalue weighted by Crippen LogP contribution is -2.05. The van der Waals surface area contributed by atoms with Crippen molar-refractivity contribution in [2.75, 3.05) is 0 Å². The molecule has 0 saturated carbocycles. The van der Waals surface area contributed by atoms with Crippen molar-refractivity contribution < 1.29 is 13.9 Å². The van der Waals surface area contributed by atoms with Crippen molar-refractivity contribution in [3.8, 4) is 0 Å². The zero-order valence-electron chi connectivity index (χ0n) is 12.4. The molecule has 4 heteroatoms. The van der Waals surface area contributed by atoms with E-state index in [2.05, 4.69) is 24.0 Å². The van der Waals surface area contributed by atoms with E-state index in [0.29, 0.717) is 11.7 Å². The van der Waals surface area contributed by atoms with E-state index in [9.17, 15) is 4.79 Å². The Morgan fingerprint density at radius 1 is 1.18 bits per heavy atom. The molecular weight excluding hydrogens is 278 g/mol. The van der Waals surface area contributed by atoms with Gasteiger partial charge in [0.2, 0.25) is 5.90 Å². The third-order valence-corrected chi connectivity index (χ3v) is 3.46. The van der Waals surface area contributed by atoms with Crippen LogP contribution in [0.25, 0.3) is 6.08 Å². The van der Waals surface area contributed by atoms with Gasteiger partial charge in [0.25, 0.3) is 0 Å². The number of aryl methyl sites for hydroxylation is 1. The minimum absolute atomic E-state index is 0.250. The third-order valence-electron chi connectivity index (χ3n) is 3.46. The van der Waals surface area contributed by atoms with Crippen LogP contribution >= 0.6 is 0 Å². The summed E-state index contributed by atoms with van der Waals surface area (Å²) in [5, 5.41) is 0. The average molecular weight is 295 g/mol. The number of furan rings is 1. The first kappa shape index (κ1) is 14.3. The molecule has 3 rings (SSSR count). The monoisotopic (exact) mass is 295 g/mol. The van der Waals surface area contributed by atoms with Gasteiger partial charge in [-0.2, -0.15) is 0 Å². The molecule has 4 nitrogen and oxygen atoms in total. The van der Waals surface area contributed by atoms with Crippen LogP contribution < -0.4 is 0 Å². The molecule has 22 heavy (non-hydrogen) atoms. The maximum Gasteiger partial charge on any atom is 0.363 e. The second kappa shape index (κ2) is 6.43. The van der Waals surface area contributed by atoms with E-state index in [0.717, 1.165) is 12.0 Å². The van der Waals surface area contributed by atoms with Gasteiger partial charge in [-0.25, -0.2) is 9.79 Å². The van der Waals surface area contributed by atoms with Crippen LogP contribution in [0.2, 0.25) is 0 Å². The van der Waals surface area contributed by atoms with Gasteiger partial charge in [0.05, 0.1) is 6.26 Å². The largest absolute Gasteiger partial charge is 0.465 e. The molecule has 0 radical (unpaired) electrons. The fourth-order valence-electron chi connectivity index (χ4n) is 2.24. The Balaban J connectivity index is 1.79. The summed E-state index contributed by atoms with van der Waals surface area (Å²) < 4.78 is 10.4. The van der Waals surface area contributed by atoms with E-state index in [1.807, 2.05) is 12.1 Å². The maximum absolute atomic E-state index is 11.8. The highest BCUT2D eigenvalue weighted by atomic mass is 16.6. The Morgan fingerprint density at radius 2 is 2.00 bits per heavy atom. The van der Waals surface area contributed by atoms with Crippen LogP contribution in [-0.2, 0) is 16.0 Å². The van der Waals surface area contributed by atoms with Crippen LogP contribution in [0.15, 0.2) is 57.8 Å². The number of ether oxygens (including phenoxy) is 1. The molecule has 0 spiro atoms. The number of nitrogens with zero attached hydrogens (tertiary/aromatic N) is 1. The van der Waals surface area contributed by atoms with Gasteiger partial charge in [-0.3, -0.25) is 0 Å². The summed E-state index contributed by atoms with van der Waals surface area (Å²) >= 11 is 0. The smallest absolute Gasteiger partial charge is 0.363 e. The fourth-order valence-corrected chi connectivity index (χ4v) is 2.24. The van der Waals surface area contributed by atoms with Crippen LogP contribution in [0.3, 0.4) is 0 Å². The lowest BCUT2D eigenvalue weighted by Gasteiger charge is -2.02. The number of hydrogen-bond donors (Lipinski definition) is 0. The van der Waals surface area contributed by atoms with Gasteiger partial charge in [-0.1, -0.05) is 25.5 Å². The number of cyclic esters (lactones) is 1. The normalized spacial score (nSPS) is 16.0. The second-order valence-electron chi connectivity index (χ2n) is 5.15. The highest BCUT2D eigenvalue weighted by Crippen LogP contribution is 2.19. The van der Waals surface area contributed by atoms with Crippen LogP contribution in [0.1, 0.15) is 36.7 Å². The van der Waals surface area contributed by atoms with Gasteiger partial charge in [0.1, 0.15) is 5.76 Å². The Labute approximate surface area is 129 Å². The average Bonchev–Trinajstić information content (AvgIpc) is 3.17. The van der Waals surface area contributed by atoms with Gasteiger partial charge in [0.15, 0.2) is 5.70 Å². The number of benzene rings is 1. The van der Waals surface area contributed by atoms with E-state index in [1.165, 1.54) is 18.4 Å². The van der Waals surface area contributed by atoms with Crippen molar-refractivity contribution in [2.24, 2.45) is 4.99 Å².